The molecule has 21 heteroatoms. The number of aromatic nitrogens is 3. The van der Waals surface area contributed by atoms with Gasteiger partial charge in [0.05, 0.1) is 22.8 Å². The van der Waals surface area contributed by atoms with Gasteiger partial charge >= 0.3 is 6.18 Å². The van der Waals surface area contributed by atoms with Gasteiger partial charge in [0.2, 0.25) is 27.6 Å². The summed E-state index contributed by atoms with van der Waals surface area (Å²) in [5.41, 5.74) is 2.49. The quantitative estimate of drug-likeness (QED) is 0.168. The summed E-state index contributed by atoms with van der Waals surface area (Å²) in [6.07, 6.45) is 0.972. The molecule has 0 radical (unpaired) electrons. The van der Waals surface area contributed by atoms with Crippen molar-refractivity contribution in [1.29, 1.82) is 0 Å². The minimum absolute atomic E-state index is 0.0201. The lowest BCUT2D eigenvalue weighted by atomic mass is 9.84. The third kappa shape index (κ3) is 10.1. The van der Waals surface area contributed by atoms with Gasteiger partial charge in [0, 0.05) is 44.6 Å². The zero-order chi connectivity index (χ0) is 41.1. The van der Waals surface area contributed by atoms with Gasteiger partial charge in [-0.25, -0.2) is 17.8 Å². The first-order valence-electron chi connectivity index (χ1n) is 18.4. The van der Waals surface area contributed by atoms with Crippen LogP contribution >= 0.6 is 0 Å². The Bertz CT molecular complexity index is 1890. The second kappa shape index (κ2) is 16.9. The van der Waals surface area contributed by atoms with Gasteiger partial charge in [-0.05, 0) is 50.5 Å². The molecule has 3 atom stereocenters. The smallest absolute Gasteiger partial charge is 0.384 e. The topological polar surface area (TPSA) is 245 Å². The van der Waals surface area contributed by atoms with E-state index >= 15 is 0 Å². The van der Waals surface area contributed by atoms with E-state index in [0.29, 0.717) is 5.69 Å². The minimum atomic E-state index is -4.79. The highest BCUT2D eigenvalue weighted by Gasteiger charge is 2.49. The summed E-state index contributed by atoms with van der Waals surface area (Å²) in [5, 5.41) is 24.4. The number of benzene rings is 1. The minimum Gasteiger partial charge on any atom is -0.384 e. The largest absolute Gasteiger partial charge is 0.402 e. The zero-order valence-corrected chi connectivity index (χ0v) is 31.8. The summed E-state index contributed by atoms with van der Waals surface area (Å²) in [6.45, 7) is 1.23. The average molecular weight is 813 g/mol. The molecule has 0 spiro atoms. The molecule has 1 aromatic carbocycles. The van der Waals surface area contributed by atoms with Crippen molar-refractivity contribution in [3.63, 3.8) is 0 Å². The SMILES string of the molecule is CC(C)(O)c1cnnn1C1CC(C(=O)NC2(C(=O)C(N)=O)CCOCC2)N(C(=O)[C@@H](CC2CCCCC2)NC(=O)c2ccc(S(=O)(=O)NCC(F)(F)F)cc2)C1. The molecule has 1 saturated carbocycles. The van der Waals surface area contributed by atoms with E-state index in [1.54, 1.807) is 0 Å². The first-order chi connectivity index (χ1) is 26.2. The number of primary amides is 1. The summed E-state index contributed by atoms with van der Waals surface area (Å²) in [6, 6.07) is 0.977. The molecule has 1 aliphatic carbocycles. The number of aliphatic hydroxyl groups is 1. The highest BCUT2D eigenvalue weighted by molar-refractivity contribution is 7.89. The average Bonchev–Trinajstić information content (AvgIpc) is 3.83. The number of ketones is 1. The Morgan fingerprint density at radius 3 is 2.29 bits per heavy atom. The van der Waals surface area contributed by atoms with Crippen molar-refractivity contribution in [2.75, 3.05) is 26.3 Å². The van der Waals surface area contributed by atoms with Crippen LogP contribution in [-0.4, -0.2) is 113 Å². The Kier molecular flexibility index (Phi) is 12.9. The number of amides is 4. The standard InChI is InChI=1S/C35H47F3N8O9S/c1-33(2,52)27-18-40-44-46(27)23-17-26(31(50)43-34(28(47)29(39)48)12-14-55-15-13-34)45(19-23)32(51)25(16-21-6-4-3-5-7-21)42-30(49)22-8-10-24(11-9-22)56(53,54)41-20-35(36,37)38/h8-11,18,21,23,25-26,41,52H,3-7,12-17,19-20H2,1-2H3,(H2,39,48)(H,42,49)(H,43,50)/t23?,25-,26?/m1/s1. The molecule has 5 rings (SSSR count). The van der Waals surface area contributed by atoms with Gasteiger partial charge < -0.3 is 31.1 Å². The fourth-order valence-electron chi connectivity index (χ4n) is 7.58. The van der Waals surface area contributed by atoms with Crippen molar-refractivity contribution in [1.82, 2.24) is 35.2 Å². The van der Waals surface area contributed by atoms with Crippen LogP contribution in [-0.2, 0) is 39.5 Å². The second-order valence-corrected chi connectivity index (χ2v) is 16.9. The summed E-state index contributed by atoms with van der Waals surface area (Å²) in [7, 11) is -4.56. The summed E-state index contributed by atoms with van der Waals surface area (Å²) in [5.74, 6) is -4.43. The fourth-order valence-corrected chi connectivity index (χ4v) is 8.60. The number of carbonyl (C=O) groups excluding carboxylic acids is 5. The van der Waals surface area contributed by atoms with Gasteiger partial charge in [-0.15, -0.1) is 5.10 Å². The molecule has 4 amide bonds. The number of rotatable bonds is 14. The number of likely N-dealkylation sites (tertiary alicyclic amines) is 1. The Morgan fingerprint density at radius 2 is 1.70 bits per heavy atom. The van der Waals surface area contributed by atoms with Gasteiger partial charge in [-0.2, -0.15) is 13.2 Å². The van der Waals surface area contributed by atoms with Crippen LogP contribution in [0.5, 0.6) is 0 Å². The molecule has 2 aliphatic heterocycles. The van der Waals surface area contributed by atoms with Crippen molar-refractivity contribution >= 4 is 39.4 Å². The molecule has 1 aromatic heterocycles. The summed E-state index contributed by atoms with van der Waals surface area (Å²) in [4.78, 5) is 68.7. The zero-order valence-electron chi connectivity index (χ0n) is 31.0. The van der Waals surface area contributed by atoms with Crippen LogP contribution in [0.3, 0.4) is 0 Å². The number of halogens is 3. The molecule has 0 bridgehead atoms. The molecular weight excluding hydrogens is 765 g/mol. The molecule has 3 aliphatic rings. The van der Waals surface area contributed by atoms with Crippen molar-refractivity contribution in [2.24, 2.45) is 11.7 Å². The molecule has 3 heterocycles. The number of hydrogen-bond donors (Lipinski definition) is 5. The number of carbonyl (C=O) groups is 5. The van der Waals surface area contributed by atoms with E-state index in [9.17, 15) is 50.7 Å². The molecule has 3 fully saturated rings. The summed E-state index contributed by atoms with van der Waals surface area (Å²) >= 11 is 0. The Hall–Kier alpha value is -4.47. The van der Waals surface area contributed by atoms with Gasteiger partial charge in [-0.1, -0.05) is 37.3 Å². The van der Waals surface area contributed by atoms with Crippen LogP contribution in [0.2, 0.25) is 0 Å². The first kappa shape index (κ1) is 42.7. The molecular formula is C35H47F3N8O9S. The molecule has 2 aromatic rings. The number of nitrogens with zero attached hydrogens (tertiary/aromatic N) is 4. The van der Waals surface area contributed by atoms with E-state index in [-0.39, 0.29) is 56.9 Å². The van der Waals surface area contributed by atoms with Crippen molar-refractivity contribution in [3.05, 3.63) is 41.7 Å². The molecule has 6 N–H and O–H groups in total. The van der Waals surface area contributed by atoms with E-state index in [4.69, 9.17) is 10.5 Å². The number of nitrogens with one attached hydrogen (secondary N) is 3. The normalized spacial score (nSPS) is 21.3. The van der Waals surface area contributed by atoms with E-state index < -0.39 is 86.3 Å². The molecule has 308 valence electrons. The lowest BCUT2D eigenvalue weighted by Crippen LogP contribution is -2.64. The van der Waals surface area contributed by atoms with Gasteiger partial charge in [0.1, 0.15) is 29.8 Å². The third-order valence-corrected chi connectivity index (χ3v) is 12.0. The van der Waals surface area contributed by atoms with Crippen molar-refractivity contribution in [2.45, 2.75) is 112 Å². The predicted octanol–water partition coefficient (Wildman–Crippen LogP) is 0.977. The van der Waals surface area contributed by atoms with Crippen molar-refractivity contribution < 1.29 is 55.4 Å². The van der Waals surface area contributed by atoms with E-state index in [0.717, 1.165) is 56.4 Å². The summed E-state index contributed by atoms with van der Waals surface area (Å²) < 4.78 is 71.1. The van der Waals surface area contributed by atoms with Crippen molar-refractivity contribution in [3.8, 4) is 0 Å². The van der Waals surface area contributed by atoms with Gasteiger partial charge in [-0.3, -0.25) is 24.0 Å². The highest BCUT2D eigenvalue weighted by Crippen LogP contribution is 2.34. The number of Topliss-reactive ketones (excluding diaryl/α,β-unsaturated/α-hetero) is 1. The monoisotopic (exact) mass is 812 g/mol. The number of nitrogens with two attached hydrogens (primary N) is 1. The van der Waals surface area contributed by atoms with Gasteiger partial charge in [0.25, 0.3) is 11.8 Å². The Balaban J connectivity index is 1.45. The maximum absolute atomic E-state index is 14.7. The number of hydrogen-bond acceptors (Lipinski definition) is 11. The van der Waals surface area contributed by atoms with Crippen LogP contribution in [0.15, 0.2) is 35.4 Å². The lowest BCUT2D eigenvalue weighted by molar-refractivity contribution is -0.147. The highest BCUT2D eigenvalue weighted by atomic mass is 32.2. The van der Waals surface area contributed by atoms with Crippen LogP contribution in [0.1, 0.15) is 93.7 Å². The fraction of sp³-hybridized carbons (Fsp3) is 0.629. The number of sulfonamides is 1. The van der Waals surface area contributed by atoms with Crippen LogP contribution in [0, 0.1) is 5.92 Å². The maximum Gasteiger partial charge on any atom is 0.402 e. The molecule has 56 heavy (non-hydrogen) atoms. The van der Waals surface area contributed by atoms with E-state index in [1.807, 2.05) is 0 Å². The lowest BCUT2D eigenvalue weighted by Gasteiger charge is -2.37. The van der Waals surface area contributed by atoms with Crippen LogP contribution < -0.4 is 21.1 Å². The van der Waals surface area contributed by atoms with Crippen LogP contribution in [0.25, 0.3) is 0 Å². The molecule has 2 saturated heterocycles. The van der Waals surface area contributed by atoms with E-state index in [1.165, 1.54) is 34.3 Å². The Morgan fingerprint density at radius 1 is 1.05 bits per heavy atom. The third-order valence-electron chi connectivity index (χ3n) is 10.6. The Labute approximate surface area is 321 Å². The first-order valence-corrected chi connectivity index (χ1v) is 19.8. The van der Waals surface area contributed by atoms with Gasteiger partial charge in [0.15, 0.2) is 0 Å². The van der Waals surface area contributed by atoms with E-state index in [2.05, 4.69) is 20.9 Å². The predicted molar refractivity (Wildman–Crippen MR) is 190 cm³/mol. The molecule has 2 unspecified atom stereocenters. The number of ether oxygens (including phenoxy) is 1. The second-order valence-electron chi connectivity index (χ2n) is 15.1. The molecule has 17 nitrogen and oxygen atoms in total. The van der Waals surface area contributed by atoms with Crippen LogP contribution in [0.4, 0.5) is 13.2 Å². The number of alkyl halides is 3. The maximum atomic E-state index is 14.7.